The smallest absolute Gasteiger partial charge is 0.292 e. The van der Waals surface area contributed by atoms with Gasteiger partial charge in [0.15, 0.2) is 0 Å². The van der Waals surface area contributed by atoms with Crippen LogP contribution in [0, 0.1) is 6.92 Å². The second-order valence-electron chi connectivity index (χ2n) is 4.96. The van der Waals surface area contributed by atoms with Gasteiger partial charge in [0, 0.05) is 12.1 Å². The van der Waals surface area contributed by atoms with E-state index in [9.17, 15) is 14.7 Å². The van der Waals surface area contributed by atoms with Crippen LogP contribution in [-0.4, -0.2) is 28.9 Å². The summed E-state index contributed by atoms with van der Waals surface area (Å²) in [6.45, 7) is 2.07. The van der Waals surface area contributed by atoms with E-state index in [4.69, 9.17) is 0 Å². The first-order chi connectivity index (χ1) is 8.50. The molecule has 18 heavy (non-hydrogen) atoms. The molecule has 1 aliphatic rings. The number of carbonyl (C=O) groups is 2. The number of benzene rings is 1. The number of carbonyl (C=O) groups excluding carboxylic acids is 2. The Balaban J connectivity index is 1.92. The van der Waals surface area contributed by atoms with Gasteiger partial charge in [-0.05, 0) is 26.2 Å². The number of hydrogen-bond acceptors (Lipinski definition) is 3. The molecule has 1 aliphatic carbocycles. The summed E-state index contributed by atoms with van der Waals surface area (Å²) >= 11 is 0. The standard InChI is InChI=1S/C14H17NO3/c1-10-3-5-11(6-4-10)12(16)13(17)15-9-14(18)7-2-8-14/h3-6,18H,2,7-9H2,1H3,(H,15,17). The summed E-state index contributed by atoms with van der Waals surface area (Å²) in [5.41, 5.74) is 0.609. The van der Waals surface area contributed by atoms with E-state index in [1.807, 2.05) is 6.92 Å². The second kappa shape index (κ2) is 4.90. The third-order valence-electron chi connectivity index (χ3n) is 3.38. The summed E-state index contributed by atoms with van der Waals surface area (Å²) in [5.74, 6) is -1.21. The fourth-order valence-corrected chi connectivity index (χ4v) is 1.92. The summed E-state index contributed by atoms with van der Waals surface area (Å²) in [6, 6.07) is 6.85. The molecule has 0 bridgehead atoms. The highest BCUT2D eigenvalue weighted by Crippen LogP contribution is 2.30. The average Bonchev–Trinajstić information content (AvgIpc) is 2.33. The van der Waals surface area contributed by atoms with Crippen LogP contribution < -0.4 is 5.32 Å². The lowest BCUT2D eigenvalue weighted by atomic mass is 9.80. The highest BCUT2D eigenvalue weighted by Gasteiger charge is 2.35. The zero-order valence-corrected chi connectivity index (χ0v) is 10.4. The molecule has 0 spiro atoms. The summed E-state index contributed by atoms with van der Waals surface area (Å²) in [5, 5.41) is 12.3. The van der Waals surface area contributed by atoms with Crippen molar-refractivity contribution < 1.29 is 14.7 Å². The lowest BCUT2D eigenvalue weighted by molar-refractivity contribution is -0.119. The first-order valence-corrected chi connectivity index (χ1v) is 6.12. The zero-order valence-electron chi connectivity index (χ0n) is 10.4. The van der Waals surface area contributed by atoms with Gasteiger partial charge >= 0.3 is 0 Å². The fourth-order valence-electron chi connectivity index (χ4n) is 1.92. The third-order valence-corrected chi connectivity index (χ3v) is 3.38. The van der Waals surface area contributed by atoms with Gasteiger partial charge in [-0.25, -0.2) is 0 Å². The van der Waals surface area contributed by atoms with Crippen molar-refractivity contribution in [3.8, 4) is 0 Å². The summed E-state index contributed by atoms with van der Waals surface area (Å²) in [4.78, 5) is 23.4. The maximum atomic E-state index is 11.8. The molecule has 0 aromatic heterocycles. The SMILES string of the molecule is Cc1ccc(C(=O)C(=O)NCC2(O)CCC2)cc1. The Hall–Kier alpha value is -1.68. The molecule has 1 aromatic carbocycles. The number of hydrogen-bond donors (Lipinski definition) is 2. The minimum Gasteiger partial charge on any atom is -0.388 e. The molecule has 2 rings (SSSR count). The van der Waals surface area contributed by atoms with Crippen molar-refractivity contribution in [3.63, 3.8) is 0 Å². The van der Waals surface area contributed by atoms with E-state index >= 15 is 0 Å². The van der Waals surface area contributed by atoms with Crippen LogP contribution in [0.2, 0.25) is 0 Å². The number of ketones is 1. The van der Waals surface area contributed by atoms with Gasteiger partial charge in [-0.1, -0.05) is 29.8 Å². The van der Waals surface area contributed by atoms with Crippen LogP contribution in [0.3, 0.4) is 0 Å². The van der Waals surface area contributed by atoms with Gasteiger partial charge in [0.25, 0.3) is 5.91 Å². The number of aliphatic hydroxyl groups is 1. The maximum absolute atomic E-state index is 11.8. The van der Waals surface area contributed by atoms with Gasteiger partial charge in [-0.2, -0.15) is 0 Å². The van der Waals surface area contributed by atoms with E-state index in [0.29, 0.717) is 18.4 Å². The van der Waals surface area contributed by atoms with Crippen molar-refractivity contribution in [2.24, 2.45) is 0 Å². The minimum absolute atomic E-state index is 0.156. The van der Waals surface area contributed by atoms with Crippen molar-refractivity contribution in [2.75, 3.05) is 6.54 Å². The van der Waals surface area contributed by atoms with E-state index in [2.05, 4.69) is 5.32 Å². The highest BCUT2D eigenvalue weighted by atomic mass is 16.3. The number of Topliss-reactive ketones (excluding diaryl/α,β-unsaturated/α-hetero) is 1. The minimum atomic E-state index is -0.802. The predicted molar refractivity (Wildman–Crippen MR) is 67.3 cm³/mol. The van der Waals surface area contributed by atoms with Crippen LogP contribution in [0.4, 0.5) is 0 Å². The molecule has 96 valence electrons. The Bertz CT molecular complexity index is 460. The van der Waals surface area contributed by atoms with E-state index in [1.165, 1.54) is 0 Å². The van der Waals surface area contributed by atoms with Crippen LogP contribution >= 0.6 is 0 Å². The summed E-state index contributed by atoms with van der Waals surface area (Å²) < 4.78 is 0. The first-order valence-electron chi connectivity index (χ1n) is 6.12. The number of rotatable bonds is 4. The Morgan fingerprint density at radius 2 is 1.89 bits per heavy atom. The summed E-state index contributed by atoms with van der Waals surface area (Å²) in [7, 11) is 0. The van der Waals surface area contributed by atoms with E-state index in [-0.39, 0.29) is 6.54 Å². The van der Waals surface area contributed by atoms with Crippen LogP contribution in [0.1, 0.15) is 35.2 Å². The van der Waals surface area contributed by atoms with Crippen molar-refractivity contribution in [2.45, 2.75) is 31.8 Å². The van der Waals surface area contributed by atoms with Gasteiger partial charge in [-0.3, -0.25) is 9.59 Å². The largest absolute Gasteiger partial charge is 0.388 e. The zero-order chi connectivity index (χ0) is 13.2. The third kappa shape index (κ3) is 2.76. The van der Waals surface area contributed by atoms with Gasteiger partial charge in [0.2, 0.25) is 5.78 Å². The molecule has 1 aromatic rings. The maximum Gasteiger partial charge on any atom is 0.292 e. The van der Waals surface area contributed by atoms with Crippen LogP contribution in [0.25, 0.3) is 0 Å². The molecule has 4 nitrogen and oxygen atoms in total. The monoisotopic (exact) mass is 247 g/mol. The van der Waals surface area contributed by atoms with Gasteiger partial charge < -0.3 is 10.4 Å². The molecule has 0 unspecified atom stereocenters. The fraction of sp³-hybridized carbons (Fsp3) is 0.429. The van der Waals surface area contributed by atoms with Crippen molar-refractivity contribution in [3.05, 3.63) is 35.4 Å². The van der Waals surface area contributed by atoms with Crippen LogP contribution in [0.15, 0.2) is 24.3 Å². The first kappa shape index (κ1) is 12.8. The topological polar surface area (TPSA) is 66.4 Å². The van der Waals surface area contributed by atoms with Crippen LogP contribution in [-0.2, 0) is 4.79 Å². The predicted octanol–water partition coefficient (Wildman–Crippen LogP) is 1.21. The molecular formula is C14H17NO3. The Labute approximate surface area is 106 Å². The molecule has 1 amide bonds. The molecule has 0 aliphatic heterocycles. The van der Waals surface area contributed by atoms with Crippen LogP contribution in [0.5, 0.6) is 0 Å². The molecule has 0 atom stereocenters. The number of nitrogens with one attached hydrogen (secondary N) is 1. The normalized spacial score (nSPS) is 16.8. The van der Waals surface area contributed by atoms with Gasteiger partial charge in [0.05, 0.1) is 5.60 Å². The Morgan fingerprint density at radius 3 is 2.39 bits per heavy atom. The molecule has 4 heteroatoms. The number of amides is 1. The molecule has 2 N–H and O–H groups in total. The lowest BCUT2D eigenvalue weighted by Gasteiger charge is -2.36. The Kier molecular flexibility index (Phi) is 3.48. The molecule has 1 fully saturated rings. The van der Waals surface area contributed by atoms with Crippen molar-refractivity contribution in [1.82, 2.24) is 5.32 Å². The average molecular weight is 247 g/mol. The van der Waals surface area contributed by atoms with Crippen molar-refractivity contribution >= 4 is 11.7 Å². The van der Waals surface area contributed by atoms with E-state index in [0.717, 1.165) is 12.0 Å². The highest BCUT2D eigenvalue weighted by molar-refractivity contribution is 6.42. The summed E-state index contributed by atoms with van der Waals surface area (Å²) in [6.07, 6.45) is 2.34. The van der Waals surface area contributed by atoms with Crippen molar-refractivity contribution in [1.29, 1.82) is 0 Å². The lowest BCUT2D eigenvalue weighted by Crippen LogP contribution is -2.49. The molecule has 0 heterocycles. The quantitative estimate of drug-likeness (QED) is 0.621. The van der Waals surface area contributed by atoms with E-state index in [1.54, 1.807) is 24.3 Å². The second-order valence-corrected chi connectivity index (χ2v) is 4.96. The molecule has 0 radical (unpaired) electrons. The van der Waals surface area contributed by atoms with Gasteiger partial charge in [0.1, 0.15) is 0 Å². The molecule has 0 saturated heterocycles. The molecular weight excluding hydrogens is 230 g/mol. The molecule has 1 saturated carbocycles. The van der Waals surface area contributed by atoms with E-state index < -0.39 is 17.3 Å². The Morgan fingerprint density at radius 1 is 1.28 bits per heavy atom. The number of aryl methyl sites for hydroxylation is 1. The van der Waals surface area contributed by atoms with Gasteiger partial charge in [-0.15, -0.1) is 0 Å².